The van der Waals surface area contributed by atoms with Crippen molar-refractivity contribution in [1.82, 2.24) is 4.31 Å². The molecule has 4 rings (SSSR count). The van der Waals surface area contributed by atoms with Crippen LogP contribution < -0.4 is 66.2 Å². The first kappa shape index (κ1) is 32.4. The van der Waals surface area contributed by atoms with Gasteiger partial charge < -0.3 is 25.6 Å². The minimum atomic E-state index is -3.84. The number of carboxylic acids is 1. The van der Waals surface area contributed by atoms with Gasteiger partial charge in [0.25, 0.3) is 0 Å². The van der Waals surface area contributed by atoms with Gasteiger partial charge in [-0.3, -0.25) is 4.79 Å². The Hall–Kier alpha value is -2.12. The number of aliphatic carboxylic acids is 1. The van der Waals surface area contributed by atoms with Gasteiger partial charge in [0.1, 0.15) is 22.5 Å². The van der Waals surface area contributed by atoms with Gasteiger partial charge in [-0.25, -0.2) is 8.42 Å². The second kappa shape index (κ2) is 13.7. The van der Waals surface area contributed by atoms with Crippen molar-refractivity contribution in [2.75, 3.05) is 26.0 Å². The van der Waals surface area contributed by atoms with Gasteiger partial charge in [-0.1, -0.05) is 43.3 Å². The third kappa shape index (κ3) is 6.84. The van der Waals surface area contributed by atoms with Gasteiger partial charge in [0.05, 0.1) is 25.8 Å². The van der Waals surface area contributed by atoms with Crippen molar-refractivity contribution in [1.29, 1.82) is 0 Å². The molecule has 0 radical (unpaired) electrons. The molecule has 2 atom stereocenters. The minimum absolute atomic E-state index is 0. The molecule has 1 aliphatic rings. The average Bonchev–Trinajstić information content (AvgIpc) is 3.01. The third-order valence-electron chi connectivity index (χ3n) is 7.12. The van der Waals surface area contributed by atoms with Gasteiger partial charge >= 0.3 is 57.4 Å². The Balaban J connectivity index is 0.00000441. The number of aryl methyl sites for hydroxylation is 1. The maximum absolute atomic E-state index is 13.7. The number of para-hydroxylation sites is 1. The maximum atomic E-state index is 13.7. The summed E-state index contributed by atoms with van der Waals surface area (Å²) in [7, 11) is -0.641. The van der Waals surface area contributed by atoms with Crippen LogP contribution in [0.1, 0.15) is 47.9 Å². The smallest absolute Gasteiger partial charge is 0.697 e. The number of hydrogen-bond donors (Lipinski definition) is 2. The van der Waals surface area contributed by atoms with Gasteiger partial charge in [0.15, 0.2) is 0 Å². The molecule has 0 saturated heterocycles. The van der Waals surface area contributed by atoms with Crippen LogP contribution in [0.15, 0.2) is 59.5 Å². The number of methoxy groups -OCH3 is 1. The van der Waals surface area contributed by atoms with Crippen LogP contribution >= 0.6 is 0 Å². The van der Waals surface area contributed by atoms with Crippen LogP contribution in [0, 0.1) is 6.92 Å². The van der Waals surface area contributed by atoms with Gasteiger partial charge in [-0.2, -0.15) is 4.31 Å². The molecule has 11 heteroatoms. The molecule has 3 aromatic rings. The van der Waals surface area contributed by atoms with E-state index in [1.54, 1.807) is 43.4 Å². The molecule has 3 N–H and O–H groups in total. The standard InChI is InChI=1S/C29H34N3O6S.K/c1-5-22-17-32(39(35,36)27-9-7-6-8-25(27)38-22)16-21-12-19(11-10-18(21)2)23(15-28(33)34)20-13-24(30)29(31-3)26(14-20)37-4;/h6-14,22-23,30-31H,5,15-17H2,1-4H3,(H,33,34);/q-1;+1. The molecule has 0 saturated carbocycles. The number of carboxylic acid groups (broad SMARTS) is 1. The van der Waals surface area contributed by atoms with Crippen molar-refractivity contribution in [2.45, 2.75) is 50.2 Å². The largest absolute Gasteiger partial charge is 1.00 e. The zero-order valence-electron chi connectivity index (χ0n) is 23.5. The van der Waals surface area contributed by atoms with Crippen molar-refractivity contribution >= 4 is 27.4 Å². The molecular formula is C29H34KN3O6S. The van der Waals surface area contributed by atoms with Gasteiger partial charge in [-0.05, 0) is 53.8 Å². The summed E-state index contributed by atoms with van der Waals surface area (Å²) in [5.41, 5.74) is 12.1. The van der Waals surface area contributed by atoms with E-state index in [9.17, 15) is 18.3 Å². The molecule has 0 fully saturated rings. The molecule has 9 nitrogen and oxygen atoms in total. The molecule has 0 amide bonds. The fraction of sp³-hybridized carbons (Fsp3) is 0.345. The molecule has 40 heavy (non-hydrogen) atoms. The molecule has 3 aromatic carbocycles. The fourth-order valence-corrected chi connectivity index (χ4v) is 6.50. The fourth-order valence-electron chi connectivity index (χ4n) is 4.93. The maximum Gasteiger partial charge on any atom is 1.00 e. The second-order valence-electron chi connectivity index (χ2n) is 9.62. The SMILES string of the molecule is CCC1CN(Cc2cc(C(CC(=O)O)c3cc([NH-])c(NC)c(OC)c3)ccc2C)S(=O)(=O)c2ccccc2O1.[K+]. The molecule has 1 aliphatic heterocycles. The Morgan fingerprint density at radius 2 is 1.93 bits per heavy atom. The summed E-state index contributed by atoms with van der Waals surface area (Å²) in [5, 5.41) is 12.7. The number of rotatable bonds is 9. The van der Waals surface area contributed by atoms with Gasteiger partial charge in [0.2, 0.25) is 10.0 Å². The summed E-state index contributed by atoms with van der Waals surface area (Å²) in [4.78, 5) is 12.0. The summed E-state index contributed by atoms with van der Waals surface area (Å²) in [6, 6.07) is 15.7. The first-order valence-corrected chi connectivity index (χ1v) is 14.2. The Morgan fingerprint density at radius 3 is 2.58 bits per heavy atom. The van der Waals surface area contributed by atoms with Gasteiger partial charge in [-0.15, -0.1) is 5.69 Å². The van der Waals surface area contributed by atoms with E-state index in [4.69, 9.17) is 15.2 Å². The van der Waals surface area contributed by atoms with Crippen LogP contribution in [-0.4, -0.2) is 50.6 Å². The Morgan fingerprint density at radius 1 is 1.20 bits per heavy atom. The number of hydrogen-bond acceptors (Lipinski definition) is 6. The number of sulfonamides is 1. The predicted molar refractivity (Wildman–Crippen MR) is 151 cm³/mol. The molecular weight excluding hydrogens is 557 g/mol. The number of nitrogens with zero attached hydrogens (tertiary/aromatic N) is 1. The molecule has 208 valence electrons. The van der Waals surface area contributed by atoms with Crippen molar-refractivity contribution in [2.24, 2.45) is 0 Å². The molecule has 0 aromatic heterocycles. The van der Waals surface area contributed by atoms with E-state index in [2.05, 4.69) is 5.32 Å². The zero-order valence-corrected chi connectivity index (χ0v) is 27.5. The van der Waals surface area contributed by atoms with Gasteiger partial charge in [0, 0.05) is 19.5 Å². The van der Waals surface area contributed by atoms with Crippen LogP contribution in [0.4, 0.5) is 11.4 Å². The van der Waals surface area contributed by atoms with Crippen molar-refractivity contribution < 1.29 is 79.2 Å². The summed E-state index contributed by atoms with van der Waals surface area (Å²) in [6.45, 7) is 4.17. The summed E-state index contributed by atoms with van der Waals surface area (Å²) in [6.07, 6.45) is 0.130. The van der Waals surface area contributed by atoms with Crippen LogP contribution in [0.3, 0.4) is 0 Å². The number of carbonyl (C=O) groups is 1. The van der Waals surface area contributed by atoms with E-state index < -0.39 is 21.9 Å². The zero-order chi connectivity index (χ0) is 28.3. The van der Waals surface area contributed by atoms with E-state index in [0.717, 1.165) is 11.1 Å². The van der Waals surface area contributed by atoms with Crippen molar-refractivity contribution in [3.63, 3.8) is 0 Å². The van der Waals surface area contributed by atoms with Crippen LogP contribution in [0.2, 0.25) is 0 Å². The van der Waals surface area contributed by atoms with Crippen LogP contribution in [-0.2, 0) is 21.4 Å². The number of ether oxygens (including phenoxy) is 2. The monoisotopic (exact) mass is 591 g/mol. The Bertz CT molecular complexity index is 1480. The quantitative estimate of drug-likeness (QED) is 0.366. The average molecular weight is 592 g/mol. The summed E-state index contributed by atoms with van der Waals surface area (Å²) in [5.74, 6) is -0.759. The predicted octanol–water partition coefficient (Wildman–Crippen LogP) is 2.70. The van der Waals surface area contributed by atoms with E-state index in [-0.39, 0.29) is 87.6 Å². The Labute approximate surface area is 278 Å². The van der Waals surface area contributed by atoms with Crippen molar-refractivity contribution in [3.05, 3.63) is 82.6 Å². The van der Waals surface area contributed by atoms with E-state index in [0.29, 0.717) is 34.7 Å². The second-order valence-corrected chi connectivity index (χ2v) is 11.5. The Kier molecular flexibility index (Phi) is 11.1. The molecule has 1 heterocycles. The number of fused-ring (bicyclic) bond motifs is 1. The third-order valence-corrected chi connectivity index (χ3v) is 8.97. The number of anilines is 1. The first-order chi connectivity index (χ1) is 18.6. The topological polar surface area (TPSA) is 129 Å². The van der Waals surface area contributed by atoms with Crippen LogP contribution in [0.5, 0.6) is 11.5 Å². The van der Waals surface area contributed by atoms with E-state index in [1.165, 1.54) is 11.4 Å². The number of nitrogens with one attached hydrogen (secondary N) is 2. The summed E-state index contributed by atoms with van der Waals surface area (Å²) >= 11 is 0. The summed E-state index contributed by atoms with van der Waals surface area (Å²) < 4.78 is 40.3. The van der Waals surface area contributed by atoms with E-state index in [1.807, 2.05) is 32.0 Å². The van der Waals surface area contributed by atoms with Crippen molar-refractivity contribution in [3.8, 4) is 11.5 Å². The molecule has 0 aliphatic carbocycles. The van der Waals surface area contributed by atoms with Crippen LogP contribution in [0.25, 0.3) is 5.73 Å². The van der Waals surface area contributed by atoms with E-state index >= 15 is 0 Å². The normalized spacial score (nSPS) is 16.9. The molecule has 0 spiro atoms. The molecule has 2 unspecified atom stereocenters. The minimum Gasteiger partial charge on any atom is -0.697 e. The molecule has 0 bridgehead atoms. The first-order valence-electron chi connectivity index (χ1n) is 12.8. The number of benzene rings is 3.